The van der Waals surface area contributed by atoms with E-state index in [1.54, 1.807) is 6.33 Å². The van der Waals surface area contributed by atoms with Crippen LogP contribution in [0.5, 0.6) is 6.01 Å². The normalized spacial score (nSPS) is 10.8. The minimum absolute atomic E-state index is 0.248. The van der Waals surface area contributed by atoms with Gasteiger partial charge in [-0.25, -0.2) is 15.0 Å². The predicted molar refractivity (Wildman–Crippen MR) is 76.3 cm³/mol. The third-order valence-electron chi connectivity index (χ3n) is 2.49. The minimum atomic E-state index is 0.248. The molecule has 0 aromatic carbocycles. The van der Waals surface area contributed by atoms with Crippen LogP contribution in [0.3, 0.4) is 0 Å². The molecule has 0 amide bonds. The van der Waals surface area contributed by atoms with Gasteiger partial charge in [-0.15, -0.1) is 0 Å². The van der Waals surface area contributed by atoms with Crippen LogP contribution < -0.4 is 10.1 Å². The zero-order chi connectivity index (χ0) is 14.7. The maximum absolute atomic E-state index is 5.08. The smallest absolute Gasteiger partial charge is 0.321 e. The van der Waals surface area contributed by atoms with E-state index in [4.69, 9.17) is 4.74 Å². The Balaban J connectivity index is 1.97. The van der Waals surface area contributed by atoms with Gasteiger partial charge in [0.05, 0.1) is 13.4 Å². The second-order valence-corrected chi connectivity index (χ2v) is 4.80. The quantitative estimate of drug-likeness (QED) is 0.669. The first kappa shape index (κ1) is 13.5. The highest BCUT2D eigenvalue weighted by atomic mass is 32.2. The zero-order valence-electron chi connectivity index (χ0n) is 11.4. The van der Waals surface area contributed by atoms with Crippen LogP contribution in [0.2, 0.25) is 0 Å². The molecule has 3 heterocycles. The Labute approximate surface area is 124 Å². The molecule has 3 aromatic heterocycles. The van der Waals surface area contributed by atoms with Crippen LogP contribution in [0.1, 0.15) is 6.92 Å². The van der Waals surface area contributed by atoms with Crippen molar-refractivity contribution in [3.63, 3.8) is 0 Å². The first-order valence-corrected chi connectivity index (χ1v) is 6.97. The van der Waals surface area contributed by atoms with Gasteiger partial charge < -0.3 is 15.0 Å². The van der Waals surface area contributed by atoms with Crippen molar-refractivity contribution in [3.05, 3.63) is 12.7 Å². The molecule has 3 aromatic rings. The van der Waals surface area contributed by atoms with Crippen molar-refractivity contribution in [2.45, 2.75) is 17.1 Å². The Morgan fingerprint density at radius 1 is 1.24 bits per heavy atom. The number of nitrogens with zero attached hydrogens (tertiary/aromatic N) is 6. The average molecular weight is 304 g/mol. The monoisotopic (exact) mass is 304 g/mol. The average Bonchev–Trinajstić information content (AvgIpc) is 2.97. The number of hydrogen-bond donors (Lipinski definition) is 2. The molecule has 21 heavy (non-hydrogen) atoms. The lowest BCUT2D eigenvalue weighted by atomic mass is 10.6. The Hall–Kier alpha value is -2.49. The van der Waals surface area contributed by atoms with Crippen molar-refractivity contribution in [1.29, 1.82) is 0 Å². The molecule has 10 heteroatoms. The lowest BCUT2D eigenvalue weighted by Crippen LogP contribution is -2.06. The van der Waals surface area contributed by atoms with E-state index in [2.05, 4.69) is 40.2 Å². The van der Waals surface area contributed by atoms with Gasteiger partial charge in [-0.05, 0) is 18.7 Å². The van der Waals surface area contributed by atoms with Crippen LogP contribution in [0.4, 0.5) is 5.95 Å². The van der Waals surface area contributed by atoms with E-state index in [0.29, 0.717) is 28.3 Å². The molecule has 3 rings (SSSR count). The second kappa shape index (κ2) is 5.87. The van der Waals surface area contributed by atoms with Crippen LogP contribution in [0.15, 0.2) is 22.8 Å². The van der Waals surface area contributed by atoms with Gasteiger partial charge in [0.1, 0.15) is 16.9 Å². The molecule has 0 aliphatic heterocycles. The maximum atomic E-state index is 5.08. The molecule has 9 nitrogen and oxygen atoms in total. The van der Waals surface area contributed by atoms with Crippen LogP contribution >= 0.6 is 11.8 Å². The molecule has 0 unspecified atom stereocenters. The third-order valence-corrected chi connectivity index (χ3v) is 3.36. The molecular weight excluding hydrogens is 292 g/mol. The molecule has 0 saturated carbocycles. The van der Waals surface area contributed by atoms with Gasteiger partial charge in [-0.1, -0.05) is 0 Å². The summed E-state index contributed by atoms with van der Waals surface area (Å²) in [6.07, 6.45) is 3.02. The van der Waals surface area contributed by atoms with Crippen molar-refractivity contribution < 1.29 is 4.74 Å². The van der Waals surface area contributed by atoms with Crippen LogP contribution in [0.25, 0.3) is 11.2 Å². The highest BCUT2D eigenvalue weighted by Crippen LogP contribution is 2.28. The largest absolute Gasteiger partial charge is 0.467 e. The van der Waals surface area contributed by atoms with Gasteiger partial charge in [-0.3, -0.25) is 0 Å². The number of fused-ring (bicyclic) bond motifs is 1. The van der Waals surface area contributed by atoms with Gasteiger partial charge in [0.2, 0.25) is 11.1 Å². The second-order valence-electron chi connectivity index (χ2n) is 3.84. The molecule has 0 aliphatic rings. The molecule has 0 saturated heterocycles. The number of rotatable bonds is 5. The van der Waals surface area contributed by atoms with E-state index in [1.807, 2.05) is 6.92 Å². The fraction of sp³-hybridized carbons (Fsp3) is 0.273. The number of ether oxygens (including phenoxy) is 1. The Kier molecular flexibility index (Phi) is 3.77. The first-order chi connectivity index (χ1) is 10.3. The van der Waals surface area contributed by atoms with Gasteiger partial charge >= 0.3 is 6.01 Å². The summed E-state index contributed by atoms with van der Waals surface area (Å²) in [7, 11) is 1.51. The number of aromatic amines is 1. The van der Waals surface area contributed by atoms with E-state index >= 15 is 0 Å². The van der Waals surface area contributed by atoms with Gasteiger partial charge in [-0.2, -0.15) is 15.0 Å². The molecule has 0 fully saturated rings. The topological polar surface area (TPSA) is 114 Å². The van der Waals surface area contributed by atoms with Gasteiger partial charge in [0.15, 0.2) is 5.65 Å². The summed E-state index contributed by atoms with van der Waals surface area (Å²) in [5.41, 5.74) is 1.34. The lowest BCUT2D eigenvalue weighted by molar-refractivity contribution is 0.373. The van der Waals surface area contributed by atoms with E-state index in [1.165, 1.54) is 25.2 Å². The molecule has 0 atom stereocenters. The van der Waals surface area contributed by atoms with Crippen LogP contribution in [-0.4, -0.2) is 48.5 Å². The number of aromatic nitrogens is 7. The lowest BCUT2D eigenvalue weighted by Gasteiger charge is -2.06. The Bertz CT molecular complexity index is 761. The summed E-state index contributed by atoms with van der Waals surface area (Å²) in [6, 6.07) is 0.248. The number of anilines is 1. The number of imidazole rings is 1. The third kappa shape index (κ3) is 2.84. The Morgan fingerprint density at radius 3 is 2.95 bits per heavy atom. The molecule has 0 bridgehead atoms. The van der Waals surface area contributed by atoms with Crippen molar-refractivity contribution >= 4 is 28.9 Å². The maximum Gasteiger partial charge on any atom is 0.321 e. The molecule has 108 valence electrons. The summed E-state index contributed by atoms with van der Waals surface area (Å²) in [4.78, 5) is 28.0. The van der Waals surface area contributed by atoms with Crippen LogP contribution in [0, 0.1) is 0 Å². The summed E-state index contributed by atoms with van der Waals surface area (Å²) >= 11 is 1.29. The van der Waals surface area contributed by atoms with Crippen molar-refractivity contribution in [2.75, 3.05) is 19.0 Å². The minimum Gasteiger partial charge on any atom is -0.467 e. The predicted octanol–water partition coefficient (Wildman–Crippen LogP) is 1.13. The fourth-order valence-electron chi connectivity index (χ4n) is 1.62. The standard InChI is InChI=1S/C11H12N8OS/c1-3-12-9-17-10(20-2)19-11(18-9)21-8-6-7(14-4-13-6)15-5-16-8/h4-5H,3H2,1-2H3,(H,12,17,18,19)(H,13,14,15,16). The highest BCUT2D eigenvalue weighted by Gasteiger charge is 2.12. The van der Waals surface area contributed by atoms with Crippen molar-refractivity contribution in [3.8, 4) is 6.01 Å². The van der Waals surface area contributed by atoms with Crippen molar-refractivity contribution in [1.82, 2.24) is 34.9 Å². The summed E-state index contributed by atoms with van der Waals surface area (Å²) in [5, 5.41) is 4.20. The van der Waals surface area contributed by atoms with E-state index in [9.17, 15) is 0 Å². The molecule has 2 N–H and O–H groups in total. The van der Waals surface area contributed by atoms with E-state index in [0.717, 1.165) is 5.52 Å². The fourth-order valence-corrected chi connectivity index (χ4v) is 2.40. The van der Waals surface area contributed by atoms with Crippen LogP contribution in [-0.2, 0) is 0 Å². The first-order valence-electron chi connectivity index (χ1n) is 6.16. The number of nitrogens with one attached hydrogen (secondary N) is 2. The molecule has 0 spiro atoms. The summed E-state index contributed by atoms with van der Waals surface area (Å²) < 4.78 is 5.08. The molecule has 0 radical (unpaired) electrons. The van der Waals surface area contributed by atoms with Crippen molar-refractivity contribution in [2.24, 2.45) is 0 Å². The Morgan fingerprint density at radius 2 is 2.14 bits per heavy atom. The van der Waals surface area contributed by atoms with Gasteiger partial charge in [0, 0.05) is 6.54 Å². The summed E-state index contributed by atoms with van der Waals surface area (Å²) in [5.74, 6) is 0.460. The number of hydrogen-bond acceptors (Lipinski definition) is 9. The van der Waals surface area contributed by atoms with E-state index in [-0.39, 0.29) is 6.01 Å². The number of H-pyrrole nitrogens is 1. The number of methoxy groups -OCH3 is 1. The summed E-state index contributed by atoms with van der Waals surface area (Å²) in [6.45, 7) is 2.66. The molecular formula is C11H12N8OS. The highest BCUT2D eigenvalue weighted by molar-refractivity contribution is 7.99. The zero-order valence-corrected chi connectivity index (χ0v) is 12.2. The SMILES string of the molecule is CCNc1nc(OC)nc(Sc2ncnc3nc[nH]c23)n1. The molecule has 0 aliphatic carbocycles. The van der Waals surface area contributed by atoms with E-state index < -0.39 is 0 Å². The van der Waals surface area contributed by atoms with Gasteiger partial charge in [0.25, 0.3) is 0 Å².